The molecule has 5 rings (SSSR count). The lowest BCUT2D eigenvalue weighted by atomic mass is 9.88. The van der Waals surface area contributed by atoms with E-state index in [1.54, 1.807) is 37.1 Å². The lowest BCUT2D eigenvalue weighted by Crippen LogP contribution is -2.50. The summed E-state index contributed by atoms with van der Waals surface area (Å²) in [5, 5.41) is 23.0. The van der Waals surface area contributed by atoms with E-state index in [0.717, 1.165) is 19.3 Å². The third kappa shape index (κ3) is 3.72. The van der Waals surface area contributed by atoms with Crippen molar-refractivity contribution in [3.63, 3.8) is 0 Å². The molecule has 2 saturated carbocycles. The van der Waals surface area contributed by atoms with E-state index in [1.807, 2.05) is 6.07 Å². The minimum Gasteiger partial charge on any atom is -0.391 e. The average molecular weight is 454 g/mol. The van der Waals surface area contributed by atoms with E-state index < -0.39 is 6.10 Å². The minimum absolute atomic E-state index is 0.0135. The van der Waals surface area contributed by atoms with Crippen molar-refractivity contribution in [2.45, 2.75) is 50.0 Å². The third-order valence-corrected chi connectivity index (χ3v) is 6.60. The van der Waals surface area contributed by atoms with E-state index in [4.69, 9.17) is 4.74 Å². The molecule has 0 saturated heterocycles. The highest BCUT2D eigenvalue weighted by Gasteiger charge is 2.33. The highest BCUT2D eigenvalue weighted by molar-refractivity contribution is 6.00. The first-order chi connectivity index (χ1) is 16.0. The first kappa shape index (κ1) is 21.4. The van der Waals surface area contributed by atoms with Crippen LogP contribution in [0.4, 0.5) is 17.3 Å². The summed E-state index contributed by atoms with van der Waals surface area (Å²) in [5.74, 6) is 0.648. The number of nitrogens with zero attached hydrogens (tertiary/aromatic N) is 4. The van der Waals surface area contributed by atoms with Crippen LogP contribution in [-0.4, -0.2) is 62.6 Å². The molecule has 4 atom stereocenters. The quantitative estimate of drug-likeness (QED) is 0.420. The molecule has 174 valence electrons. The SMILES string of the molecule is CNc1cc(Nc2cccn([C@@H]3CC[C@H]3OC)c2=O)nc2c(C(=O)NC3CC[C@@H]3O)cnn12. The number of nitrogens with one attached hydrogen (secondary N) is 3. The second-order valence-electron chi connectivity index (χ2n) is 8.47. The number of carbonyl (C=O) groups is 1. The molecule has 1 unspecified atom stereocenters. The average Bonchev–Trinajstić information content (AvgIpc) is 3.22. The van der Waals surface area contributed by atoms with Crippen molar-refractivity contribution in [3.8, 4) is 0 Å². The van der Waals surface area contributed by atoms with Gasteiger partial charge in [0.1, 0.15) is 22.9 Å². The smallest absolute Gasteiger partial charge is 0.274 e. The Morgan fingerprint density at radius 1 is 1.27 bits per heavy atom. The molecule has 3 aromatic rings. The zero-order valence-corrected chi connectivity index (χ0v) is 18.5. The fraction of sp³-hybridized carbons (Fsp3) is 0.455. The van der Waals surface area contributed by atoms with Gasteiger partial charge in [0.05, 0.1) is 30.5 Å². The molecule has 3 heterocycles. The number of pyridine rings is 1. The van der Waals surface area contributed by atoms with Crippen LogP contribution in [-0.2, 0) is 4.74 Å². The fourth-order valence-electron chi connectivity index (χ4n) is 4.31. The fourth-order valence-corrected chi connectivity index (χ4v) is 4.31. The van der Waals surface area contributed by atoms with Crippen LogP contribution in [0.25, 0.3) is 5.65 Å². The first-order valence-electron chi connectivity index (χ1n) is 11.1. The number of carbonyl (C=O) groups excluding carboxylic acids is 1. The summed E-state index contributed by atoms with van der Waals surface area (Å²) in [7, 11) is 3.40. The summed E-state index contributed by atoms with van der Waals surface area (Å²) >= 11 is 0. The van der Waals surface area contributed by atoms with Gasteiger partial charge in [-0.25, -0.2) is 4.98 Å². The highest BCUT2D eigenvalue weighted by atomic mass is 16.5. The molecule has 4 N–H and O–H groups in total. The minimum atomic E-state index is -0.525. The largest absolute Gasteiger partial charge is 0.391 e. The third-order valence-electron chi connectivity index (χ3n) is 6.60. The van der Waals surface area contributed by atoms with Crippen molar-refractivity contribution < 1.29 is 14.6 Å². The highest BCUT2D eigenvalue weighted by Crippen LogP contribution is 2.33. The molecule has 11 nitrogen and oxygen atoms in total. The maximum Gasteiger partial charge on any atom is 0.274 e. The topological polar surface area (TPSA) is 135 Å². The Hall–Kier alpha value is -3.44. The zero-order chi connectivity index (χ0) is 23.1. The van der Waals surface area contributed by atoms with Crippen LogP contribution in [0.5, 0.6) is 0 Å². The summed E-state index contributed by atoms with van der Waals surface area (Å²) < 4.78 is 8.67. The molecule has 0 bridgehead atoms. The van der Waals surface area contributed by atoms with Crippen LogP contribution in [0.1, 0.15) is 42.1 Å². The monoisotopic (exact) mass is 453 g/mol. The predicted molar refractivity (Wildman–Crippen MR) is 122 cm³/mol. The Bertz CT molecular complexity index is 1250. The Labute approximate surface area is 189 Å². The van der Waals surface area contributed by atoms with Gasteiger partial charge in [0.15, 0.2) is 5.65 Å². The van der Waals surface area contributed by atoms with Gasteiger partial charge in [-0.05, 0) is 37.8 Å². The summed E-state index contributed by atoms with van der Waals surface area (Å²) in [4.78, 5) is 30.5. The van der Waals surface area contributed by atoms with Gasteiger partial charge in [-0.2, -0.15) is 9.61 Å². The van der Waals surface area contributed by atoms with Gasteiger partial charge in [0, 0.05) is 26.4 Å². The van der Waals surface area contributed by atoms with Crippen LogP contribution in [0, 0.1) is 0 Å². The van der Waals surface area contributed by atoms with Gasteiger partial charge in [-0.15, -0.1) is 0 Å². The van der Waals surface area contributed by atoms with Gasteiger partial charge < -0.3 is 30.4 Å². The molecule has 2 aliphatic rings. The van der Waals surface area contributed by atoms with Crippen molar-refractivity contribution in [2.75, 3.05) is 24.8 Å². The number of aliphatic hydroxyl groups is 1. The van der Waals surface area contributed by atoms with E-state index >= 15 is 0 Å². The molecule has 0 radical (unpaired) electrons. The van der Waals surface area contributed by atoms with Gasteiger partial charge in [-0.3, -0.25) is 9.59 Å². The van der Waals surface area contributed by atoms with Crippen molar-refractivity contribution in [2.24, 2.45) is 0 Å². The van der Waals surface area contributed by atoms with Crippen molar-refractivity contribution in [3.05, 3.63) is 46.5 Å². The summed E-state index contributed by atoms with van der Waals surface area (Å²) in [6.07, 6.45) is 5.96. The number of hydrogen-bond acceptors (Lipinski definition) is 8. The van der Waals surface area contributed by atoms with Crippen molar-refractivity contribution in [1.82, 2.24) is 24.5 Å². The van der Waals surface area contributed by atoms with E-state index in [1.165, 1.54) is 10.7 Å². The maximum absolute atomic E-state index is 13.1. The lowest BCUT2D eigenvalue weighted by molar-refractivity contribution is -0.0103. The van der Waals surface area contributed by atoms with Gasteiger partial charge in [0.25, 0.3) is 11.5 Å². The van der Waals surface area contributed by atoms with Crippen LogP contribution in [0.2, 0.25) is 0 Å². The maximum atomic E-state index is 13.1. The van der Waals surface area contributed by atoms with Gasteiger partial charge in [-0.1, -0.05) is 0 Å². The standard InChI is InChI=1S/C22H27N7O4/c1-23-19-10-18(25-14-4-3-9-28(22(14)32)15-6-8-17(15)33-2)27-20-12(11-24-29(19)20)21(31)26-13-5-7-16(13)30/h3-4,9-11,13,15-17,23,30H,5-8H2,1-2H3,(H,25,27)(H,26,31)/t13?,15-,16+,17-/m1/s1. The zero-order valence-electron chi connectivity index (χ0n) is 18.5. The molecular formula is C22H27N7O4. The predicted octanol–water partition coefficient (Wildman–Crippen LogP) is 1.28. The number of fused-ring (bicyclic) bond motifs is 1. The summed E-state index contributed by atoms with van der Waals surface area (Å²) in [6.45, 7) is 0. The second kappa shape index (κ2) is 8.49. The Balaban J connectivity index is 1.46. The molecule has 1 amide bonds. The van der Waals surface area contributed by atoms with E-state index in [-0.39, 0.29) is 35.2 Å². The molecule has 11 heteroatoms. The van der Waals surface area contributed by atoms with Crippen LogP contribution < -0.4 is 21.5 Å². The Morgan fingerprint density at radius 3 is 2.76 bits per heavy atom. The lowest BCUT2D eigenvalue weighted by Gasteiger charge is -2.36. The molecule has 33 heavy (non-hydrogen) atoms. The van der Waals surface area contributed by atoms with Crippen molar-refractivity contribution in [1.29, 1.82) is 0 Å². The number of ether oxygens (including phenoxy) is 1. The van der Waals surface area contributed by atoms with E-state index in [9.17, 15) is 14.7 Å². The number of amides is 1. The second-order valence-corrected chi connectivity index (χ2v) is 8.47. The molecule has 2 fully saturated rings. The molecule has 0 aromatic carbocycles. The number of hydrogen-bond donors (Lipinski definition) is 4. The van der Waals surface area contributed by atoms with E-state index in [2.05, 4.69) is 26.0 Å². The number of methoxy groups -OCH3 is 1. The number of aliphatic hydroxyl groups excluding tert-OH is 1. The van der Waals surface area contributed by atoms with Gasteiger partial charge >= 0.3 is 0 Å². The number of rotatable bonds is 7. The first-order valence-corrected chi connectivity index (χ1v) is 11.1. The molecule has 3 aromatic heterocycles. The van der Waals surface area contributed by atoms with Crippen molar-refractivity contribution >= 4 is 28.9 Å². The molecule has 0 spiro atoms. The van der Waals surface area contributed by atoms with Crippen LogP contribution in [0.15, 0.2) is 35.4 Å². The van der Waals surface area contributed by atoms with Gasteiger partial charge in [0.2, 0.25) is 0 Å². The number of anilines is 3. The summed E-state index contributed by atoms with van der Waals surface area (Å²) in [5.41, 5.74) is 0.839. The molecule has 0 aliphatic heterocycles. The molecular weight excluding hydrogens is 426 g/mol. The Morgan fingerprint density at radius 2 is 2.12 bits per heavy atom. The van der Waals surface area contributed by atoms with Crippen LogP contribution in [0.3, 0.4) is 0 Å². The normalized spacial score (nSPS) is 24.1. The number of aromatic nitrogens is 4. The summed E-state index contributed by atoms with van der Waals surface area (Å²) in [6, 6.07) is 4.98. The Kier molecular flexibility index (Phi) is 5.51. The molecule has 2 aliphatic carbocycles. The van der Waals surface area contributed by atoms with Crippen LogP contribution >= 0.6 is 0 Å². The van der Waals surface area contributed by atoms with E-state index in [0.29, 0.717) is 29.4 Å².